The zero-order valence-electron chi connectivity index (χ0n) is 13.2. The van der Waals surface area contributed by atoms with E-state index >= 15 is 0 Å². The number of aromatic hydroxyl groups is 1. The highest BCUT2D eigenvalue weighted by Crippen LogP contribution is 2.28. The second kappa shape index (κ2) is 6.13. The molecule has 3 aromatic carbocycles. The molecule has 0 aliphatic heterocycles. The summed E-state index contributed by atoms with van der Waals surface area (Å²) in [6.45, 7) is 0. The number of hydrogen-bond donors (Lipinski definition) is 3. The van der Waals surface area contributed by atoms with Crippen LogP contribution in [0.2, 0.25) is 0 Å². The number of rotatable bonds is 3. The maximum Gasteiger partial charge on any atom is 0.259 e. The van der Waals surface area contributed by atoms with Crippen molar-refractivity contribution in [1.82, 2.24) is 10.2 Å². The fraction of sp³-hybridized carbons (Fsp3) is 0. The van der Waals surface area contributed by atoms with Gasteiger partial charge in [-0.05, 0) is 30.3 Å². The predicted molar refractivity (Wildman–Crippen MR) is 97.6 cm³/mol. The first-order valence-electron chi connectivity index (χ1n) is 7.85. The number of phenols is 1. The number of H-pyrrole nitrogens is 1. The van der Waals surface area contributed by atoms with E-state index in [1.54, 1.807) is 24.3 Å². The summed E-state index contributed by atoms with van der Waals surface area (Å²) < 4.78 is 0. The number of aromatic amines is 1. The molecule has 4 aromatic rings. The number of phenolic OH excluding ortho intramolecular Hbond substituents is 1. The van der Waals surface area contributed by atoms with Crippen molar-refractivity contribution in [3.8, 4) is 17.0 Å². The highest BCUT2D eigenvalue weighted by Gasteiger charge is 2.12. The molecule has 25 heavy (non-hydrogen) atoms. The number of anilines is 1. The SMILES string of the molecule is O=C(Nc1ccc2[nH]nc(-c3ccccc3)c2c1)c1ccccc1O. The van der Waals surface area contributed by atoms with Crippen molar-refractivity contribution in [2.45, 2.75) is 0 Å². The summed E-state index contributed by atoms with van der Waals surface area (Å²) in [4.78, 5) is 12.4. The number of fused-ring (bicyclic) bond motifs is 1. The number of amides is 1. The molecule has 0 fully saturated rings. The van der Waals surface area contributed by atoms with Gasteiger partial charge < -0.3 is 10.4 Å². The van der Waals surface area contributed by atoms with Gasteiger partial charge in [-0.1, -0.05) is 42.5 Å². The average Bonchev–Trinajstić information content (AvgIpc) is 3.06. The molecule has 5 nitrogen and oxygen atoms in total. The predicted octanol–water partition coefficient (Wildman–Crippen LogP) is 4.19. The number of aromatic nitrogens is 2. The summed E-state index contributed by atoms with van der Waals surface area (Å²) in [7, 11) is 0. The van der Waals surface area contributed by atoms with E-state index in [4.69, 9.17) is 0 Å². The van der Waals surface area contributed by atoms with Crippen LogP contribution in [0.4, 0.5) is 5.69 Å². The Kier molecular flexibility index (Phi) is 3.67. The number of benzene rings is 3. The van der Waals surface area contributed by atoms with Crippen molar-refractivity contribution in [2.75, 3.05) is 5.32 Å². The summed E-state index contributed by atoms with van der Waals surface area (Å²) in [6, 6.07) is 21.8. The van der Waals surface area contributed by atoms with Gasteiger partial charge >= 0.3 is 0 Å². The second-order valence-corrected chi connectivity index (χ2v) is 5.67. The van der Waals surface area contributed by atoms with E-state index in [0.29, 0.717) is 5.69 Å². The van der Waals surface area contributed by atoms with Crippen LogP contribution in [0.5, 0.6) is 5.75 Å². The molecule has 0 aliphatic carbocycles. The lowest BCUT2D eigenvalue weighted by molar-refractivity contribution is 0.102. The molecule has 0 unspecified atom stereocenters. The minimum absolute atomic E-state index is 0.0469. The lowest BCUT2D eigenvalue weighted by Crippen LogP contribution is -2.11. The van der Waals surface area contributed by atoms with Crippen molar-refractivity contribution >= 4 is 22.5 Å². The normalized spacial score (nSPS) is 10.7. The molecule has 1 heterocycles. The quantitative estimate of drug-likeness (QED) is 0.527. The summed E-state index contributed by atoms with van der Waals surface area (Å²) in [6.07, 6.45) is 0. The Bertz CT molecular complexity index is 1050. The first-order valence-corrected chi connectivity index (χ1v) is 7.85. The number of nitrogens with one attached hydrogen (secondary N) is 2. The monoisotopic (exact) mass is 329 g/mol. The van der Waals surface area contributed by atoms with Crippen LogP contribution in [-0.2, 0) is 0 Å². The summed E-state index contributed by atoms with van der Waals surface area (Å²) >= 11 is 0. The maximum absolute atomic E-state index is 12.4. The minimum atomic E-state index is -0.359. The third-order valence-corrected chi connectivity index (χ3v) is 4.02. The lowest BCUT2D eigenvalue weighted by atomic mass is 10.1. The highest BCUT2D eigenvalue weighted by atomic mass is 16.3. The Hall–Kier alpha value is -3.60. The second-order valence-electron chi connectivity index (χ2n) is 5.67. The van der Waals surface area contributed by atoms with Crippen LogP contribution in [0.3, 0.4) is 0 Å². The van der Waals surface area contributed by atoms with E-state index in [1.165, 1.54) is 6.07 Å². The third kappa shape index (κ3) is 2.83. The molecule has 3 N–H and O–H groups in total. The van der Waals surface area contributed by atoms with Crippen LogP contribution < -0.4 is 5.32 Å². The number of carbonyl (C=O) groups excluding carboxylic acids is 1. The number of hydrogen-bond acceptors (Lipinski definition) is 3. The first kappa shape index (κ1) is 15.0. The van der Waals surface area contributed by atoms with Gasteiger partial charge in [0.05, 0.1) is 16.8 Å². The van der Waals surface area contributed by atoms with Crippen molar-refractivity contribution in [3.63, 3.8) is 0 Å². The molecular weight excluding hydrogens is 314 g/mol. The summed E-state index contributed by atoms with van der Waals surface area (Å²) in [5.41, 5.74) is 3.59. The van der Waals surface area contributed by atoms with E-state index in [9.17, 15) is 9.90 Å². The molecule has 1 amide bonds. The van der Waals surface area contributed by atoms with Crippen molar-refractivity contribution in [1.29, 1.82) is 0 Å². The first-order chi connectivity index (χ1) is 12.2. The van der Waals surface area contributed by atoms with Crippen LogP contribution in [0.25, 0.3) is 22.2 Å². The Labute approximate surface area is 143 Å². The largest absolute Gasteiger partial charge is 0.507 e. The summed E-state index contributed by atoms with van der Waals surface area (Å²) in [5, 5.41) is 20.9. The molecule has 0 bridgehead atoms. The van der Waals surface area contributed by atoms with Crippen LogP contribution in [0.15, 0.2) is 72.8 Å². The van der Waals surface area contributed by atoms with Gasteiger partial charge in [0.1, 0.15) is 5.75 Å². The minimum Gasteiger partial charge on any atom is -0.507 e. The van der Waals surface area contributed by atoms with E-state index in [-0.39, 0.29) is 17.2 Å². The Morgan fingerprint density at radius 3 is 2.52 bits per heavy atom. The molecule has 122 valence electrons. The van der Waals surface area contributed by atoms with E-state index < -0.39 is 0 Å². The number of nitrogens with zero attached hydrogens (tertiary/aromatic N) is 1. The third-order valence-electron chi connectivity index (χ3n) is 4.02. The standard InChI is InChI=1S/C20H15N3O2/c24-18-9-5-4-8-15(18)20(25)21-14-10-11-17-16(12-14)19(23-22-17)13-6-2-1-3-7-13/h1-12,24H,(H,21,25)(H,22,23). The molecular formula is C20H15N3O2. The van der Waals surface area contributed by atoms with E-state index in [1.807, 2.05) is 42.5 Å². The van der Waals surface area contributed by atoms with Crippen LogP contribution in [0.1, 0.15) is 10.4 Å². The average molecular weight is 329 g/mol. The molecule has 0 saturated carbocycles. The molecule has 1 aromatic heterocycles. The van der Waals surface area contributed by atoms with Crippen LogP contribution in [0, 0.1) is 0 Å². The Morgan fingerprint density at radius 1 is 0.960 bits per heavy atom. The molecule has 0 radical (unpaired) electrons. The van der Waals surface area contributed by atoms with Crippen LogP contribution in [-0.4, -0.2) is 21.2 Å². The lowest BCUT2D eigenvalue weighted by Gasteiger charge is -2.07. The molecule has 0 saturated heterocycles. The molecule has 0 aliphatic rings. The van der Waals surface area contributed by atoms with Gasteiger partial charge in [-0.3, -0.25) is 9.89 Å². The van der Waals surface area contributed by atoms with Crippen molar-refractivity contribution in [3.05, 3.63) is 78.4 Å². The van der Waals surface area contributed by atoms with Gasteiger partial charge in [0.15, 0.2) is 0 Å². The maximum atomic E-state index is 12.4. The summed E-state index contributed by atoms with van der Waals surface area (Å²) in [5.74, 6) is -0.406. The molecule has 5 heteroatoms. The van der Waals surface area contributed by atoms with Gasteiger partial charge in [-0.15, -0.1) is 0 Å². The van der Waals surface area contributed by atoms with E-state index in [2.05, 4.69) is 15.5 Å². The zero-order valence-corrected chi connectivity index (χ0v) is 13.2. The van der Waals surface area contributed by atoms with Crippen molar-refractivity contribution in [2.24, 2.45) is 0 Å². The Morgan fingerprint density at radius 2 is 1.72 bits per heavy atom. The fourth-order valence-electron chi connectivity index (χ4n) is 2.77. The van der Waals surface area contributed by atoms with Gasteiger partial charge in [-0.25, -0.2) is 0 Å². The Balaban J connectivity index is 1.70. The molecule has 0 atom stereocenters. The van der Waals surface area contributed by atoms with Gasteiger partial charge in [0.25, 0.3) is 5.91 Å². The smallest absolute Gasteiger partial charge is 0.259 e. The van der Waals surface area contributed by atoms with Gasteiger partial charge in [-0.2, -0.15) is 5.10 Å². The molecule has 4 rings (SSSR count). The van der Waals surface area contributed by atoms with E-state index in [0.717, 1.165) is 22.2 Å². The number of para-hydroxylation sites is 1. The van der Waals surface area contributed by atoms with Crippen molar-refractivity contribution < 1.29 is 9.90 Å². The van der Waals surface area contributed by atoms with Gasteiger partial charge in [0, 0.05) is 16.6 Å². The topological polar surface area (TPSA) is 78.0 Å². The molecule has 0 spiro atoms. The fourth-order valence-corrected chi connectivity index (χ4v) is 2.77. The van der Waals surface area contributed by atoms with Crippen LogP contribution >= 0.6 is 0 Å². The van der Waals surface area contributed by atoms with Gasteiger partial charge in [0.2, 0.25) is 0 Å². The highest BCUT2D eigenvalue weighted by molar-refractivity contribution is 6.07. The zero-order chi connectivity index (χ0) is 17.2. The number of carbonyl (C=O) groups is 1.